The van der Waals surface area contributed by atoms with Crippen LogP contribution >= 0.6 is 22.6 Å². The number of rotatable bonds is 7. The van der Waals surface area contributed by atoms with E-state index in [1.807, 2.05) is 62.4 Å². The molecule has 0 radical (unpaired) electrons. The molecule has 122 valence electrons. The Hall–Kier alpha value is -1.76. The molecule has 5 heteroatoms. The number of amides is 1. The summed E-state index contributed by atoms with van der Waals surface area (Å²) in [5.74, 6) is 1.32. The third-order valence-corrected chi connectivity index (χ3v) is 3.83. The predicted octanol–water partition coefficient (Wildman–Crippen LogP) is 3.56. The lowest BCUT2D eigenvalue weighted by molar-refractivity contribution is -0.123. The Balaban J connectivity index is 1.69. The molecule has 0 heterocycles. The van der Waals surface area contributed by atoms with Gasteiger partial charge in [0.05, 0.1) is 6.04 Å². The van der Waals surface area contributed by atoms with Crippen molar-refractivity contribution >= 4 is 28.5 Å². The molecule has 0 unspecified atom stereocenters. The molecule has 0 aliphatic rings. The zero-order valence-corrected chi connectivity index (χ0v) is 15.4. The number of ether oxygens (including phenoxy) is 2. The lowest BCUT2D eigenvalue weighted by Gasteiger charge is -2.15. The third-order valence-electron chi connectivity index (χ3n) is 3.11. The first-order chi connectivity index (χ1) is 11.0. The third kappa shape index (κ3) is 6.48. The van der Waals surface area contributed by atoms with Crippen molar-refractivity contribution in [1.82, 2.24) is 5.32 Å². The summed E-state index contributed by atoms with van der Waals surface area (Å²) < 4.78 is 12.2. The van der Waals surface area contributed by atoms with Gasteiger partial charge in [-0.25, -0.2) is 0 Å². The summed E-state index contributed by atoms with van der Waals surface area (Å²) in [6.45, 7) is 4.34. The van der Waals surface area contributed by atoms with Crippen LogP contribution in [0.1, 0.15) is 12.5 Å². The second-order valence-electron chi connectivity index (χ2n) is 5.34. The Morgan fingerprint density at radius 1 is 1.04 bits per heavy atom. The second-order valence-corrected chi connectivity index (χ2v) is 6.58. The highest BCUT2D eigenvalue weighted by molar-refractivity contribution is 14.1. The van der Waals surface area contributed by atoms with Gasteiger partial charge in [0.25, 0.3) is 5.91 Å². The van der Waals surface area contributed by atoms with E-state index >= 15 is 0 Å². The van der Waals surface area contributed by atoms with Crippen molar-refractivity contribution in [2.75, 3.05) is 13.2 Å². The SMILES string of the molecule is Cc1ccc(OC[C@H](C)NC(=O)COc2ccc(I)cc2)cc1. The first kappa shape index (κ1) is 17.6. The summed E-state index contributed by atoms with van der Waals surface area (Å²) in [6, 6.07) is 15.3. The Morgan fingerprint density at radius 3 is 2.26 bits per heavy atom. The maximum absolute atomic E-state index is 11.9. The first-order valence-electron chi connectivity index (χ1n) is 7.40. The quantitative estimate of drug-likeness (QED) is 0.691. The van der Waals surface area contributed by atoms with Crippen molar-refractivity contribution in [3.63, 3.8) is 0 Å². The molecule has 4 nitrogen and oxygen atoms in total. The lowest BCUT2D eigenvalue weighted by Crippen LogP contribution is -2.39. The fourth-order valence-corrected chi connectivity index (χ4v) is 2.25. The van der Waals surface area contributed by atoms with E-state index in [1.54, 1.807) is 0 Å². The molecule has 0 fully saturated rings. The van der Waals surface area contributed by atoms with Crippen LogP contribution in [0.5, 0.6) is 11.5 Å². The summed E-state index contributed by atoms with van der Waals surface area (Å²) in [4.78, 5) is 11.9. The Morgan fingerprint density at radius 2 is 1.61 bits per heavy atom. The number of hydrogen-bond donors (Lipinski definition) is 1. The molecule has 1 atom stereocenters. The number of carbonyl (C=O) groups excluding carboxylic acids is 1. The van der Waals surface area contributed by atoms with E-state index in [-0.39, 0.29) is 18.6 Å². The highest BCUT2D eigenvalue weighted by Crippen LogP contribution is 2.13. The average Bonchev–Trinajstić information content (AvgIpc) is 2.54. The molecule has 0 bridgehead atoms. The van der Waals surface area contributed by atoms with E-state index in [2.05, 4.69) is 27.9 Å². The summed E-state index contributed by atoms with van der Waals surface area (Å²) in [5.41, 5.74) is 1.19. The zero-order valence-electron chi connectivity index (χ0n) is 13.2. The summed E-state index contributed by atoms with van der Waals surface area (Å²) >= 11 is 2.22. The Kier molecular flexibility index (Phi) is 6.70. The van der Waals surface area contributed by atoms with Crippen LogP contribution in [0.25, 0.3) is 0 Å². The minimum Gasteiger partial charge on any atom is -0.491 e. The van der Waals surface area contributed by atoms with Gasteiger partial charge in [0.2, 0.25) is 0 Å². The molecule has 0 aromatic heterocycles. The molecule has 0 aliphatic carbocycles. The number of halogens is 1. The minimum atomic E-state index is -0.163. The first-order valence-corrected chi connectivity index (χ1v) is 8.48. The highest BCUT2D eigenvalue weighted by Gasteiger charge is 2.09. The van der Waals surface area contributed by atoms with E-state index in [9.17, 15) is 4.79 Å². The summed E-state index contributed by atoms with van der Waals surface area (Å²) in [7, 11) is 0. The van der Waals surface area contributed by atoms with Crippen LogP contribution in [0.2, 0.25) is 0 Å². The Labute approximate surface area is 150 Å². The van der Waals surface area contributed by atoms with E-state index < -0.39 is 0 Å². The molecular weight excluding hydrogens is 405 g/mol. The number of carbonyl (C=O) groups is 1. The molecule has 0 aliphatic heterocycles. The molecule has 1 amide bonds. The second kappa shape index (κ2) is 8.76. The van der Waals surface area contributed by atoms with Crippen LogP contribution in [0.15, 0.2) is 48.5 Å². The number of aryl methyl sites for hydroxylation is 1. The summed E-state index contributed by atoms with van der Waals surface area (Å²) in [6.07, 6.45) is 0. The van der Waals surface area contributed by atoms with Gasteiger partial charge in [-0.3, -0.25) is 4.79 Å². The van der Waals surface area contributed by atoms with Crippen molar-refractivity contribution in [3.05, 3.63) is 57.7 Å². The van der Waals surface area contributed by atoms with E-state index in [0.29, 0.717) is 12.4 Å². The monoisotopic (exact) mass is 425 g/mol. The van der Waals surface area contributed by atoms with Crippen LogP contribution in [0.4, 0.5) is 0 Å². The normalized spacial score (nSPS) is 11.6. The number of hydrogen-bond acceptors (Lipinski definition) is 3. The lowest BCUT2D eigenvalue weighted by atomic mass is 10.2. The fourth-order valence-electron chi connectivity index (χ4n) is 1.89. The van der Waals surface area contributed by atoms with Crippen LogP contribution in [-0.4, -0.2) is 25.2 Å². The Bertz CT molecular complexity index is 626. The average molecular weight is 425 g/mol. The van der Waals surface area contributed by atoms with Crippen molar-refractivity contribution in [1.29, 1.82) is 0 Å². The van der Waals surface area contributed by atoms with Crippen LogP contribution in [0, 0.1) is 10.5 Å². The molecule has 2 aromatic carbocycles. The molecular formula is C18H20INO3. The maximum atomic E-state index is 11.9. The summed E-state index contributed by atoms with van der Waals surface area (Å²) in [5, 5.41) is 2.85. The standard InChI is InChI=1S/C18H20INO3/c1-13-3-7-16(8-4-13)22-11-14(2)20-18(21)12-23-17-9-5-15(19)6-10-17/h3-10,14H,11-12H2,1-2H3,(H,20,21)/t14-/m0/s1. The molecule has 0 saturated carbocycles. The molecule has 0 saturated heterocycles. The van der Waals surface area contributed by atoms with Gasteiger partial charge in [0.1, 0.15) is 18.1 Å². The van der Waals surface area contributed by atoms with Crippen molar-refractivity contribution < 1.29 is 14.3 Å². The van der Waals surface area contributed by atoms with E-state index in [0.717, 1.165) is 9.32 Å². The van der Waals surface area contributed by atoms with Gasteiger partial charge in [-0.2, -0.15) is 0 Å². The maximum Gasteiger partial charge on any atom is 0.258 e. The van der Waals surface area contributed by atoms with Gasteiger partial charge in [0.15, 0.2) is 6.61 Å². The number of benzene rings is 2. The van der Waals surface area contributed by atoms with Crippen LogP contribution in [0.3, 0.4) is 0 Å². The topological polar surface area (TPSA) is 47.6 Å². The molecule has 2 aromatic rings. The van der Waals surface area contributed by atoms with Crippen molar-refractivity contribution in [3.8, 4) is 11.5 Å². The molecule has 23 heavy (non-hydrogen) atoms. The number of nitrogens with one attached hydrogen (secondary N) is 1. The zero-order chi connectivity index (χ0) is 16.7. The predicted molar refractivity (Wildman–Crippen MR) is 98.9 cm³/mol. The largest absolute Gasteiger partial charge is 0.491 e. The van der Waals surface area contributed by atoms with Crippen molar-refractivity contribution in [2.24, 2.45) is 0 Å². The smallest absolute Gasteiger partial charge is 0.258 e. The van der Waals surface area contributed by atoms with Gasteiger partial charge in [-0.15, -0.1) is 0 Å². The van der Waals surface area contributed by atoms with Crippen molar-refractivity contribution in [2.45, 2.75) is 19.9 Å². The van der Waals surface area contributed by atoms with Crippen LogP contribution < -0.4 is 14.8 Å². The van der Waals surface area contributed by atoms with E-state index in [1.165, 1.54) is 5.56 Å². The molecule has 2 rings (SSSR count). The molecule has 1 N–H and O–H groups in total. The fraction of sp³-hybridized carbons (Fsp3) is 0.278. The van der Waals surface area contributed by atoms with Gasteiger partial charge in [0, 0.05) is 3.57 Å². The molecule has 0 spiro atoms. The van der Waals surface area contributed by atoms with Gasteiger partial charge >= 0.3 is 0 Å². The van der Waals surface area contributed by atoms with Gasteiger partial charge in [-0.1, -0.05) is 17.7 Å². The minimum absolute atomic E-state index is 0.00450. The van der Waals surface area contributed by atoms with Gasteiger partial charge < -0.3 is 14.8 Å². The van der Waals surface area contributed by atoms with Crippen LogP contribution in [-0.2, 0) is 4.79 Å². The van der Waals surface area contributed by atoms with Gasteiger partial charge in [-0.05, 0) is 72.8 Å². The highest BCUT2D eigenvalue weighted by atomic mass is 127. The van der Waals surface area contributed by atoms with E-state index in [4.69, 9.17) is 9.47 Å².